The van der Waals surface area contributed by atoms with Gasteiger partial charge in [-0.15, -0.1) is 0 Å². The molecule has 2 unspecified atom stereocenters. The molecule has 2 aliphatic rings. The number of nitrogens with two attached hydrogens (primary N) is 1. The van der Waals surface area contributed by atoms with Crippen LogP contribution in [-0.4, -0.2) is 41.1 Å². The van der Waals surface area contributed by atoms with Gasteiger partial charge in [0.25, 0.3) is 0 Å². The number of hydrogen-bond donors (Lipinski definition) is 2. The van der Waals surface area contributed by atoms with E-state index in [1.54, 1.807) is 4.90 Å². The van der Waals surface area contributed by atoms with Crippen LogP contribution in [0.25, 0.3) is 5.57 Å². The maximum Gasteiger partial charge on any atom is 0.236 e. The third-order valence-electron chi connectivity index (χ3n) is 7.01. The molecular formula is C25H38N2O3. The number of benzene rings is 1. The average molecular weight is 415 g/mol. The van der Waals surface area contributed by atoms with Gasteiger partial charge in [0.05, 0.1) is 12.1 Å². The van der Waals surface area contributed by atoms with Crippen LogP contribution in [-0.2, 0) is 4.79 Å². The second kappa shape index (κ2) is 9.01. The molecule has 30 heavy (non-hydrogen) atoms. The van der Waals surface area contributed by atoms with Gasteiger partial charge in [0.1, 0.15) is 17.1 Å². The third-order valence-corrected chi connectivity index (χ3v) is 7.01. The number of aromatic hydroxyl groups is 1. The Hall–Kier alpha value is -2.01. The van der Waals surface area contributed by atoms with Gasteiger partial charge in [-0.25, -0.2) is 0 Å². The lowest BCUT2D eigenvalue weighted by atomic mass is 9.79. The Morgan fingerprint density at radius 3 is 2.70 bits per heavy atom. The molecule has 1 amide bonds. The van der Waals surface area contributed by atoms with Crippen molar-refractivity contribution in [2.24, 2.45) is 11.7 Å². The highest BCUT2D eigenvalue weighted by atomic mass is 16.5. The first-order valence-corrected chi connectivity index (χ1v) is 11.5. The molecule has 5 heteroatoms. The van der Waals surface area contributed by atoms with E-state index in [0.717, 1.165) is 28.9 Å². The van der Waals surface area contributed by atoms with Crippen molar-refractivity contribution in [3.05, 3.63) is 28.8 Å². The fraction of sp³-hybridized carbons (Fsp3) is 0.640. The lowest BCUT2D eigenvalue weighted by Gasteiger charge is -2.42. The van der Waals surface area contributed by atoms with E-state index < -0.39 is 5.60 Å². The van der Waals surface area contributed by atoms with E-state index in [2.05, 4.69) is 40.7 Å². The molecule has 3 N–H and O–H groups in total. The highest BCUT2D eigenvalue weighted by Crippen LogP contribution is 2.49. The molecule has 1 aromatic rings. The summed E-state index contributed by atoms with van der Waals surface area (Å²) in [7, 11) is 0. The van der Waals surface area contributed by atoms with Crippen LogP contribution in [0.2, 0.25) is 0 Å². The smallest absolute Gasteiger partial charge is 0.236 e. The molecule has 0 bridgehead atoms. The molecule has 0 spiro atoms. The third kappa shape index (κ3) is 4.36. The molecule has 0 saturated carbocycles. The second-order valence-corrected chi connectivity index (χ2v) is 9.51. The lowest BCUT2D eigenvalue weighted by Crippen LogP contribution is -2.45. The van der Waals surface area contributed by atoms with Gasteiger partial charge < -0.3 is 20.5 Å². The molecule has 2 atom stereocenters. The van der Waals surface area contributed by atoms with Crippen LogP contribution in [0.3, 0.4) is 0 Å². The summed E-state index contributed by atoms with van der Waals surface area (Å²) in [6.45, 7) is 12.0. The molecule has 5 nitrogen and oxygen atoms in total. The van der Waals surface area contributed by atoms with Gasteiger partial charge in [-0.3, -0.25) is 4.79 Å². The molecule has 1 aromatic carbocycles. The summed E-state index contributed by atoms with van der Waals surface area (Å²) in [5, 5.41) is 11.0. The number of ether oxygens (including phenoxy) is 1. The van der Waals surface area contributed by atoms with Crippen LogP contribution in [0, 0.1) is 5.92 Å². The summed E-state index contributed by atoms with van der Waals surface area (Å²) in [6.07, 6.45) is 5.65. The number of rotatable bonds is 7. The van der Waals surface area contributed by atoms with Crippen LogP contribution in [0.4, 0.5) is 0 Å². The van der Waals surface area contributed by atoms with E-state index in [0.29, 0.717) is 24.9 Å². The van der Waals surface area contributed by atoms with Crippen LogP contribution >= 0.6 is 0 Å². The first kappa shape index (κ1) is 22.7. The van der Waals surface area contributed by atoms with Gasteiger partial charge in [-0.1, -0.05) is 46.5 Å². The zero-order valence-corrected chi connectivity index (χ0v) is 19.3. The van der Waals surface area contributed by atoms with E-state index in [4.69, 9.17) is 10.5 Å². The molecule has 166 valence electrons. The number of carbonyl (C=O) groups excluding carboxylic acids is 1. The van der Waals surface area contributed by atoms with Crippen molar-refractivity contribution >= 4 is 11.5 Å². The highest BCUT2D eigenvalue weighted by molar-refractivity contribution is 5.86. The molecule has 0 fully saturated rings. The standard InChI is InChI=1S/C25H38N2O3/c1-6-7-8-9-16(2)17(3)18-12-21(28)24-19-15-27(23(29)14-26)11-10-20(19)25(4,5)30-22(24)13-18/h12-13,16-17,28H,6-11,14-15,26H2,1-5H3. The molecule has 2 aliphatic heterocycles. The zero-order chi connectivity index (χ0) is 22.1. The van der Waals surface area contributed by atoms with Crippen molar-refractivity contribution in [2.75, 3.05) is 19.6 Å². The molecular weight excluding hydrogens is 376 g/mol. The van der Waals surface area contributed by atoms with E-state index >= 15 is 0 Å². The Balaban J connectivity index is 1.95. The monoisotopic (exact) mass is 414 g/mol. The van der Waals surface area contributed by atoms with Crippen molar-refractivity contribution in [3.63, 3.8) is 0 Å². The van der Waals surface area contributed by atoms with Crippen molar-refractivity contribution in [2.45, 2.75) is 78.2 Å². The molecule has 0 saturated heterocycles. The van der Waals surface area contributed by atoms with Crippen LogP contribution in [0.15, 0.2) is 17.7 Å². The number of carbonyl (C=O) groups is 1. The molecule has 0 aliphatic carbocycles. The van der Waals surface area contributed by atoms with Crippen molar-refractivity contribution < 1.29 is 14.6 Å². The predicted octanol–water partition coefficient (Wildman–Crippen LogP) is 4.83. The highest BCUT2D eigenvalue weighted by Gasteiger charge is 2.40. The normalized spacial score (nSPS) is 19.6. The summed E-state index contributed by atoms with van der Waals surface area (Å²) >= 11 is 0. The Bertz CT molecular complexity index is 828. The second-order valence-electron chi connectivity index (χ2n) is 9.51. The Morgan fingerprint density at radius 1 is 1.30 bits per heavy atom. The lowest BCUT2D eigenvalue weighted by molar-refractivity contribution is -0.129. The maximum atomic E-state index is 12.2. The molecule has 0 aromatic heterocycles. The Morgan fingerprint density at radius 2 is 2.03 bits per heavy atom. The largest absolute Gasteiger partial charge is 0.507 e. The van der Waals surface area contributed by atoms with Crippen molar-refractivity contribution in [3.8, 4) is 11.5 Å². The minimum atomic E-state index is -0.457. The number of hydrogen-bond acceptors (Lipinski definition) is 4. The van der Waals surface area contributed by atoms with Crippen molar-refractivity contribution in [1.29, 1.82) is 0 Å². The van der Waals surface area contributed by atoms with Gasteiger partial charge in [-0.2, -0.15) is 0 Å². The van der Waals surface area contributed by atoms with E-state index in [-0.39, 0.29) is 18.2 Å². The van der Waals surface area contributed by atoms with Crippen LogP contribution in [0.5, 0.6) is 11.5 Å². The van der Waals surface area contributed by atoms with Gasteiger partial charge in [-0.05, 0) is 60.9 Å². The number of nitrogens with zero attached hydrogens (tertiary/aromatic N) is 1. The molecule has 2 heterocycles. The molecule has 0 radical (unpaired) electrons. The zero-order valence-electron chi connectivity index (χ0n) is 19.3. The summed E-state index contributed by atoms with van der Waals surface area (Å²) in [4.78, 5) is 14.0. The van der Waals surface area contributed by atoms with Gasteiger partial charge in [0, 0.05) is 13.1 Å². The number of unbranched alkanes of at least 4 members (excludes halogenated alkanes) is 2. The SMILES string of the molecule is CCCCCC(C)C(C)c1cc(O)c2c(c1)OC(C)(C)C1=C2CN(C(=O)CN)CC1. The van der Waals surface area contributed by atoms with Gasteiger partial charge in [0.2, 0.25) is 5.91 Å². The number of phenolic OH excluding ortho intramolecular Hbond substituents is 1. The first-order chi connectivity index (χ1) is 14.2. The quantitative estimate of drug-likeness (QED) is 0.627. The molecule has 3 rings (SSSR count). The Kier molecular flexibility index (Phi) is 6.81. The Labute approximate surface area is 181 Å². The summed E-state index contributed by atoms with van der Waals surface area (Å²) in [5.41, 5.74) is 9.17. The van der Waals surface area contributed by atoms with E-state index in [1.807, 2.05) is 6.07 Å². The number of fused-ring (bicyclic) bond motifs is 2. The summed E-state index contributed by atoms with van der Waals surface area (Å²) < 4.78 is 6.41. The average Bonchev–Trinajstić information content (AvgIpc) is 2.71. The summed E-state index contributed by atoms with van der Waals surface area (Å²) in [6, 6.07) is 4.00. The minimum absolute atomic E-state index is 0.00766. The predicted molar refractivity (Wildman–Crippen MR) is 122 cm³/mol. The summed E-state index contributed by atoms with van der Waals surface area (Å²) in [5.74, 6) is 1.79. The maximum absolute atomic E-state index is 12.2. The van der Waals surface area contributed by atoms with Crippen LogP contribution < -0.4 is 10.5 Å². The first-order valence-electron chi connectivity index (χ1n) is 11.5. The van der Waals surface area contributed by atoms with E-state index in [1.165, 1.54) is 31.3 Å². The fourth-order valence-electron chi connectivity index (χ4n) is 4.90. The number of phenols is 1. The fourth-order valence-corrected chi connectivity index (χ4v) is 4.90. The number of amides is 1. The topological polar surface area (TPSA) is 75.8 Å². The van der Waals surface area contributed by atoms with E-state index in [9.17, 15) is 9.90 Å². The van der Waals surface area contributed by atoms with Gasteiger partial charge in [0.15, 0.2) is 0 Å². The van der Waals surface area contributed by atoms with Crippen LogP contribution in [0.1, 0.15) is 83.8 Å². The van der Waals surface area contributed by atoms with Gasteiger partial charge >= 0.3 is 0 Å². The van der Waals surface area contributed by atoms with Crippen molar-refractivity contribution in [1.82, 2.24) is 4.90 Å². The minimum Gasteiger partial charge on any atom is -0.507 e.